The lowest BCUT2D eigenvalue weighted by Gasteiger charge is -2.35. The molecule has 1 saturated heterocycles. The van der Waals surface area contributed by atoms with E-state index in [0.29, 0.717) is 0 Å². The van der Waals surface area contributed by atoms with E-state index >= 15 is 0 Å². The van der Waals surface area contributed by atoms with E-state index in [9.17, 15) is 24.0 Å². The van der Waals surface area contributed by atoms with Gasteiger partial charge in [-0.1, -0.05) is 24.3 Å². The van der Waals surface area contributed by atoms with E-state index in [2.05, 4.69) is 0 Å². The van der Waals surface area contributed by atoms with Gasteiger partial charge in [0.2, 0.25) is 11.8 Å². The lowest BCUT2D eigenvalue weighted by molar-refractivity contribution is -0.161. The number of hydrogen-bond acceptors (Lipinski definition) is 6. The Labute approximate surface area is 166 Å². The molecule has 9 heteroatoms. The van der Waals surface area contributed by atoms with E-state index in [0.717, 1.165) is 6.07 Å². The van der Waals surface area contributed by atoms with Crippen molar-refractivity contribution in [2.75, 3.05) is 6.61 Å². The van der Waals surface area contributed by atoms with Gasteiger partial charge in [0, 0.05) is 12.1 Å². The molecule has 0 spiro atoms. The minimum Gasteiger partial charge on any atom is -0.465 e. The van der Waals surface area contributed by atoms with Crippen molar-refractivity contribution >= 4 is 17.8 Å². The highest BCUT2D eigenvalue weighted by Crippen LogP contribution is 2.54. The van der Waals surface area contributed by atoms with Gasteiger partial charge < -0.3 is 21.1 Å². The molecule has 2 aliphatic rings. The standard InChI is InChI=1S/C20H19FN4O4/c1-2-29-19(28)20(18(24)27)14-8-7-11(9-22)10-25(14)16(17(23)26)15(20)12-5-3-4-6-13(12)21/h3-8,10,14-16H,2H2,1H3,(H2,23,26)(H2,24,27)/t14-,15+,16-,20-/m0/s1. The van der Waals surface area contributed by atoms with Crippen LogP contribution in [0.1, 0.15) is 18.4 Å². The van der Waals surface area contributed by atoms with Crippen molar-refractivity contribution in [1.82, 2.24) is 4.90 Å². The summed E-state index contributed by atoms with van der Waals surface area (Å²) in [6.07, 6.45) is 4.13. The molecule has 2 amide bonds. The summed E-state index contributed by atoms with van der Waals surface area (Å²) in [5.74, 6) is -5.06. The third kappa shape index (κ3) is 2.84. The first-order valence-electron chi connectivity index (χ1n) is 8.89. The third-order valence-corrected chi connectivity index (χ3v) is 5.34. The van der Waals surface area contributed by atoms with Crippen LogP contribution in [-0.4, -0.2) is 41.4 Å². The van der Waals surface area contributed by atoms with E-state index in [1.54, 1.807) is 6.92 Å². The highest BCUT2D eigenvalue weighted by atomic mass is 19.1. The predicted octanol–water partition coefficient (Wildman–Crippen LogP) is 0.459. The highest BCUT2D eigenvalue weighted by Gasteiger charge is 2.69. The van der Waals surface area contributed by atoms with Gasteiger partial charge in [-0.05, 0) is 24.6 Å². The number of halogens is 1. The number of carbonyl (C=O) groups is 3. The normalized spacial score (nSPS) is 27.6. The molecule has 0 saturated carbocycles. The minimum atomic E-state index is -2.13. The van der Waals surface area contributed by atoms with Crippen molar-refractivity contribution in [1.29, 1.82) is 5.26 Å². The lowest BCUT2D eigenvalue weighted by Crippen LogP contribution is -2.55. The first-order chi connectivity index (χ1) is 13.8. The Kier molecular flexibility index (Phi) is 5.12. The number of benzene rings is 1. The summed E-state index contributed by atoms with van der Waals surface area (Å²) >= 11 is 0. The maximum atomic E-state index is 14.8. The first-order valence-corrected chi connectivity index (χ1v) is 8.89. The van der Waals surface area contributed by atoms with Gasteiger partial charge in [0.05, 0.1) is 18.2 Å². The number of fused-ring (bicyclic) bond motifs is 1. The molecule has 2 heterocycles. The van der Waals surface area contributed by atoms with Crippen molar-refractivity contribution in [2.24, 2.45) is 16.9 Å². The quantitative estimate of drug-likeness (QED) is 0.545. The monoisotopic (exact) mass is 398 g/mol. The van der Waals surface area contributed by atoms with E-state index in [1.807, 2.05) is 6.07 Å². The molecule has 0 aliphatic carbocycles. The van der Waals surface area contributed by atoms with Crippen LogP contribution in [0.2, 0.25) is 0 Å². The van der Waals surface area contributed by atoms with Crippen LogP contribution >= 0.6 is 0 Å². The molecule has 0 aromatic heterocycles. The van der Waals surface area contributed by atoms with Crippen LogP contribution in [-0.2, 0) is 19.1 Å². The first kappa shape index (κ1) is 20.1. The highest BCUT2D eigenvalue weighted by molar-refractivity contribution is 6.06. The van der Waals surface area contributed by atoms with Crippen LogP contribution in [0.5, 0.6) is 0 Å². The Morgan fingerprint density at radius 2 is 2.00 bits per heavy atom. The Morgan fingerprint density at radius 1 is 1.31 bits per heavy atom. The number of nitriles is 1. The second-order valence-corrected chi connectivity index (χ2v) is 6.75. The number of amides is 2. The number of rotatable bonds is 5. The summed E-state index contributed by atoms with van der Waals surface area (Å²) < 4.78 is 19.9. The van der Waals surface area contributed by atoms with Crippen molar-refractivity contribution in [3.8, 4) is 6.07 Å². The molecular weight excluding hydrogens is 379 g/mol. The summed E-state index contributed by atoms with van der Waals surface area (Å²) in [5.41, 5.74) is 9.30. The largest absolute Gasteiger partial charge is 0.465 e. The molecule has 1 aromatic carbocycles. The number of allylic oxidation sites excluding steroid dienone is 2. The van der Waals surface area contributed by atoms with Crippen molar-refractivity contribution in [3.05, 3.63) is 59.6 Å². The molecule has 1 aromatic rings. The van der Waals surface area contributed by atoms with Gasteiger partial charge in [-0.3, -0.25) is 14.4 Å². The summed E-state index contributed by atoms with van der Waals surface area (Å²) in [6, 6.07) is 4.98. The van der Waals surface area contributed by atoms with Crippen LogP contribution in [0.4, 0.5) is 4.39 Å². The summed E-state index contributed by atoms with van der Waals surface area (Å²) in [5, 5.41) is 9.24. The van der Waals surface area contributed by atoms with Gasteiger partial charge in [0.1, 0.15) is 17.9 Å². The van der Waals surface area contributed by atoms with Crippen LogP contribution < -0.4 is 11.5 Å². The van der Waals surface area contributed by atoms with Gasteiger partial charge in [0.25, 0.3) is 0 Å². The molecule has 4 N–H and O–H groups in total. The Morgan fingerprint density at radius 3 is 2.55 bits per heavy atom. The fraction of sp³-hybridized carbons (Fsp3) is 0.300. The van der Waals surface area contributed by atoms with E-state index < -0.39 is 47.0 Å². The van der Waals surface area contributed by atoms with E-state index in [1.165, 1.54) is 41.5 Å². The average molecular weight is 398 g/mol. The van der Waals surface area contributed by atoms with Crippen molar-refractivity contribution in [2.45, 2.75) is 24.9 Å². The fourth-order valence-electron chi connectivity index (χ4n) is 4.24. The number of carbonyl (C=O) groups excluding carboxylic acids is 3. The molecule has 4 atom stereocenters. The Balaban J connectivity index is 2.37. The molecule has 150 valence electrons. The minimum absolute atomic E-state index is 0.0607. The topological polar surface area (TPSA) is 140 Å². The van der Waals surface area contributed by atoms with Crippen LogP contribution in [0.15, 0.2) is 48.2 Å². The van der Waals surface area contributed by atoms with Crippen molar-refractivity contribution in [3.63, 3.8) is 0 Å². The number of primary amides is 2. The molecule has 1 fully saturated rings. The zero-order valence-electron chi connectivity index (χ0n) is 15.5. The Bertz CT molecular complexity index is 983. The SMILES string of the molecule is CCOC(=O)[C@]1(C(N)=O)[C@H](c2ccccc2F)[C@@H](C(N)=O)N2C=C(C#N)C=C[C@H]21. The van der Waals surface area contributed by atoms with Gasteiger partial charge in [-0.25, -0.2) is 4.39 Å². The molecule has 29 heavy (non-hydrogen) atoms. The van der Waals surface area contributed by atoms with Gasteiger partial charge in [-0.2, -0.15) is 5.26 Å². The second-order valence-electron chi connectivity index (χ2n) is 6.75. The molecule has 0 radical (unpaired) electrons. The summed E-state index contributed by atoms with van der Waals surface area (Å²) in [6.45, 7) is 1.49. The molecule has 2 aliphatic heterocycles. The molecule has 8 nitrogen and oxygen atoms in total. The Hall–Kier alpha value is -3.67. The number of esters is 1. The smallest absolute Gasteiger partial charge is 0.324 e. The van der Waals surface area contributed by atoms with E-state index in [4.69, 9.17) is 16.2 Å². The zero-order chi connectivity index (χ0) is 21.3. The fourth-order valence-corrected chi connectivity index (χ4v) is 4.24. The number of nitrogens with zero attached hydrogens (tertiary/aromatic N) is 2. The lowest BCUT2D eigenvalue weighted by atomic mass is 9.67. The molecule has 0 unspecified atom stereocenters. The number of ether oxygens (including phenoxy) is 1. The average Bonchev–Trinajstić information content (AvgIpc) is 2.99. The maximum Gasteiger partial charge on any atom is 0.324 e. The second kappa shape index (κ2) is 7.39. The molecular formula is C20H19FN4O4. The van der Waals surface area contributed by atoms with Crippen LogP contribution in [0.3, 0.4) is 0 Å². The van der Waals surface area contributed by atoms with Gasteiger partial charge >= 0.3 is 5.97 Å². The summed E-state index contributed by atoms with van der Waals surface area (Å²) in [7, 11) is 0. The van der Waals surface area contributed by atoms with Gasteiger partial charge in [-0.15, -0.1) is 0 Å². The molecule has 3 rings (SSSR count). The third-order valence-electron chi connectivity index (χ3n) is 5.34. The molecule has 0 bridgehead atoms. The van der Waals surface area contributed by atoms with E-state index in [-0.39, 0.29) is 17.7 Å². The maximum absolute atomic E-state index is 14.8. The van der Waals surface area contributed by atoms with Gasteiger partial charge in [0.15, 0.2) is 5.41 Å². The predicted molar refractivity (Wildman–Crippen MR) is 98.8 cm³/mol. The van der Waals surface area contributed by atoms with Crippen LogP contribution in [0, 0.1) is 22.6 Å². The van der Waals surface area contributed by atoms with Crippen LogP contribution in [0.25, 0.3) is 0 Å². The number of hydrogen-bond donors (Lipinski definition) is 2. The number of nitrogens with two attached hydrogens (primary N) is 2. The summed E-state index contributed by atoms with van der Waals surface area (Å²) in [4.78, 5) is 39.7. The van der Waals surface area contributed by atoms with Crippen molar-refractivity contribution < 1.29 is 23.5 Å². The zero-order valence-corrected chi connectivity index (χ0v) is 15.5.